The number of nitro groups is 2. The van der Waals surface area contributed by atoms with Gasteiger partial charge in [0.15, 0.2) is 0 Å². The molecule has 0 unspecified atom stereocenters. The first-order valence-electron chi connectivity index (χ1n) is 11.1. The van der Waals surface area contributed by atoms with E-state index >= 15 is 0 Å². The van der Waals surface area contributed by atoms with E-state index in [-0.39, 0.29) is 23.2 Å². The van der Waals surface area contributed by atoms with Crippen LogP contribution in [0.3, 0.4) is 0 Å². The van der Waals surface area contributed by atoms with Gasteiger partial charge in [0.2, 0.25) is 0 Å². The lowest BCUT2D eigenvalue weighted by molar-refractivity contribution is -0.385. The zero-order chi connectivity index (χ0) is 26.4. The third kappa shape index (κ3) is 6.40. The summed E-state index contributed by atoms with van der Waals surface area (Å²) in [6, 6.07) is 25.3. The topological polar surface area (TPSA) is 144 Å². The molecule has 0 atom stereocenters. The fourth-order valence-electron chi connectivity index (χ4n) is 3.52. The highest BCUT2D eigenvalue weighted by atomic mass is 16.6. The van der Waals surface area contributed by atoms with Crippen LogP contribution in [0, 0.1) is 20.2 Å². The van der Waals surface area contributed by atoms with Gasteiger partial charge >= 0.3 is 0 Å². The number of hydrogen-bond donors (Lipinski definition) is 2. The van der Waals surface area contributed by atoms with Crippen molar-refractivity contribution in [2.75, 3.05) is 10.6 Å². The number of rotatable bonds is 8. The van der Waals surface area contributed by atoms with Crippen molar-refractivity contribution in [3.05, 3.63) is 140 Å². The molecule has 4 aromatic carbocycles. The SMILES string of the molecule is O=C(Nc1ccc([N+](=O)[O-])cc1)c1ccc(Cc2ccc(C(=O)Nc3ccc([N+](=O)[O-])cc3)cc2)cc1. The lowest BCUT2D eigenvalue weighted by Crippen LogP contribution is -2.12. The van der Waals surface area contributed by atoms with E-state index in [0.29, 0.717) is 28.9 Å². The molecule has 2 N–H and O–H groups in total. The van der Waals surface area contributed by atoms with Crippen LogP contribution in [0.15, 0.2) is 97.1 Å². The van der Waals surface area contributed by atoms with Crippen LogP contribution in [0.25, 0.3) is 0 Å². The van der Waals surface area contributed by atoms with Crippen LogP contribution in [0.2, 0.25) is 0 Å². The van der Waals surface area contributed by atoms with Crippen LogP contribution >= 0.6 is 0 Å². The third-order valence-corrected chi connectivity index (χ3v) is 5.51. The molecule has 0 aliphatic carbocycles. The van der Waals surface area contributed by atoms with Crippen molar-refractivity contribution in [2.24, 2.45) is 0 Å². The van der Waals surface area contributed by atoms with Gasteiger partial charge in [-0.2, -0.15) is 0 Å². The van der Waals surface area contributed by atoms with Gasteiger partial charge in [0.25, 0.3) is 23.2 Å². The minimum atomic E-state index is -0.505. The lowest BCUT2D eigenvalue weighted by Gasteiger charge is -2.08. The van der Waals surface area contributed by atoms with Gasteiger partial charge in [-0.1, -0.05) is 24.3 Å². The van der Waals surface area contributed by atoms with Crippen molar-refractivity contribution < 1.29 is 19.4 Å². The molecule has 0 fully saturated rings. The molecule has 0 saturated heterocycles. The number of anilines is 2. The highest BCUT2D eigenvalue weighted by molar-refractivity contribution is 6.05. The third-order valence-electron chi connectivity index (χ3n) is 5.51. The van der Waals surface area contributed by atoms with E-state index in [2.05, 4.69) is 10.6 Å². The molecule has 0 saturated carbocycles. The minimum Gasteiger partial charge on any atom is -0.322 e. The zero-order valence-electron chi connectivity index (χ0n) is 19.3. The van der Waals surface area contributed by atoms with Gasteiger partial charge in [0, 0.05) is 46.8 Å². The van der Waals surface area contributed by atoms with Crippen LogP contribution in [-0.2, 0) is 6.42 Å². The van der Waals surface area contributed by atoms with E-state index in [1.807, 2.05) is 24.3 Å². The lowest BCUT2D eigenvalue weighted by atomic mass is 10.0. The predicted octanol–water partition coefficient (Wildman–Crippen LogP) is 5.60. The minimum absolute atomic E-state index is 0.0551. The van der Waals surface area contributed by atoms with Crippen molar-refractivity contribution >= 4 is 34.6 Å². The monoisotopic (exact) mass is 496 g/mol. The van der Waals surface area contributed by atoms with Crippen LogP contribution in [0.4, 0.5) is 22.7 Å². The van der Waals surface area contributed by atoms with Crippen molar-refractivity contribution in [1.82, 2.24) is 0 Å². The smallest absolute Gasteiger partial charge is 0.269 e. The summed E-state index contributed by atoms with van der Waals surface area (Å²) < 4.78 is 0. The molecule has 2 amide bonds. The maximum Gasteiger partial charge on any atom is 0.269 e. The predicted molar refractivity (Wildman–Crippen MR) is 138 cm³/mol. The summed E-state index contributed by atoms with van der Waals surface area (Å²) in [5, 5.41) is 26.9. The molecule has 10 nitrogen and oxygen atoms in total. The maximum atomic E-state index is 12.5. The molecule has 0 aliphatic heterocycles. The van der Waals surface area contributed by atoms with Crippen LogP contribution < -0.4 is 10.6 Å². The first kappa shape index (κ1) is 24.7. The molecule has 0 radical (unpaired) electrons. The maximum absolute atomic E-state index is 12.5. The van der Waals surface area contributed by atoms with Gasteiger partial charge in [-0.25, -0.2) is 0 Å². The molecule has 0 bridgehead atoms. The molecule has 184 valence electrons. The van der Waals surface area contributed by atoms with Crippen molar-refractivity contribution in [3.63, 3.8) is 0 Å². The number of nitrogens with zero attached hydrogens (tertiary/aromatic N) is 2. The Labute approximate surface area is 210 Å². The van der Waals surface area contributed by atoms with Gasteiger partial charge in [-0.15, -0.1) is 0 Å². The average molecular weight is 496 g/mol. The first-order chi connectivity index (χ1) is 17.8. The Morgan fingerprint density at radius 2 is 0.865 bits per heavy atom. The number of nitrogens with one attached hydrogen (secondary N) is 2. The van der Waals surface area contributed by atoms with E-state index in [9.17, 15) is 29.8 Å². The summed E-state index contributed by atoms with van der Waals surface area (Å²) in [6.45, 7) is 0. The molecule has 4 aromatic rings. The number of nitro benzene ring substituents is 2. The Morgan fingerprint density at radius 3 is 1.16 bits per heavy atom. The van der Waals surface area contributed by atoms with Gasteiger partial charge in [0.05, 0.1) is 9.85 Å². The largest absolute Gasteiger partial charge is 0.322 e. The van der Waals surface area contributed by atoms with Gasteiger partial charge < -0.3 is 10.6 Å². The fraction of sp³-hybridized carbons (Fsp3) is 0.0370. The van der Waals surface area contributed by atoms with Crippen molar-refractivity contribution in [1.29, 1.82) is 0 Å². The molecule has 0 spiro atoms. The molecule has 37 heavy (non-hydrogen) atoms. The summed E-state index contributed by atoms with van der Waals surface area (Å²) in [7, 11) is 0. The number of amides is 2. The Morgan fingerprint density at radius 1 is 0.541 bits per heavy atom. The van der Waals surface area contributed by atoms with Gasteiger partial charge in [-0.3, -0.25) is 29.8 Å². The Bertz CT molecular complexity index is 1340. The highest BCUT2D eigenvalue weighted by Gasteiger charge is 2.11. The normalized spacial score (nSPS) is 10.4. The Balaban J connectivity index is 1.33. The van der Waals surface area contributed by atoms with E-state index in [0.717, 1.165) is 11.1 Å². The quantitative estimate of drug-likeness (QED) is 0.240. The second kappa shape index (κ2) is 10.9. The van der Waals surface area contributed by atoms with E-state index in [1.54, 1.807) is 24.3 Å². The average Bonchev–Trinajstić information content (AvgIpc) is 2.90. The van der Waals surface area contributed by atoms with E-state index in [4.69, 9.17) is 0 Å². The highest BCUT2D eigenvalue weighted by Crippen LogP contribution is 2.19. The number of carbonyl (C=O) groups excluding carboxylic acids is 2. The summed E-state index contributed by atoms with van der Waals surface area (Å²) in [5.41, 5.74) is 3.63. The van der Waals surface area contributed by atoms with Crippen molar-refractivity contribution in [2.45, 2.75) is 6.42 Å². The Kier molecular flexibility index (Phi) is 7.29. The molecular weight excluding hydrogens is 476 g/mol. The molecule has 10 heteroatoms. The Hall–Kier alpha value is -5.38. The van der Waals surface area contributed by atoms with Crippen LogP contribution in [0.5, 0.6) is 0 Å². The number of carbonyl (C=O) groups is 2. The molecule has 0 heterocycles. The van der Waals surface area contributed by atoms with Crippen LogP contribution in [-0.4, -0.2) is 21.7 Å². The standard InChI is InChI=1S/C27H20N4O6/c32-26(28-22-9-13-24(14-10-22)30(34)35)20-5-1-18(2-6-20)17-19-3-7-21(8-4-19)27(33)29-23-11-15-25(16-12-23)31(36)37/h1-16H,17H2,(H,28,32)(H,29,33). The summed E-state index contributed by atoms with van der Waals surface area (Å²) in [4.78, 5) is 45.4. The first-order valence-corrected chi connectivity index (χ1v) is 11.1. The second-order valence-electron chi connectivity index (χ2n) is 8.09. The summed E-state index contributed by atoms with van der Waals surface area (Å²) in [5.74, 6) is -0.660. The molecule has 4 rings (SSSR count). The second-order valence-corrected chi connectivity index (χ2v) is 8.09. The number of non-ortho nitro benzene ring substituents is 2. The van der Waals surface area contributed by atoms with E-state index in [1.165, 1.54) is 48.5 Å². The number of benzene rings is 4. The van der Waals surface area contributed by atoms with E-state index < -0.39 is 9.85 Å². The molecule has 0 aliphatic rings. The van der Waals surface area contributed by atoms with Crippen molar-refractivity contribution in [3.8, 4) is 0 Å². The zero-order valence-corrected chi connectivity index (χ0v) is 19.3. The summed E-state index contributed by atoms with van der Waals surface area (Å²) >= 11 is 0. The molecule has 0 aromatic heterocycles. The van der Waals surface area contributed by atoms with Gasteiger partial charge in [-0.05, 0) is 66.1 Å². The summed E-state index contributed by atoms with van der Waals surface area (Å²) in [6.07, 6.45) is 0.592. The number of hydrogen-bond acceptors (Lipinski definition) is 6. The van der Waals surface area contributed by atoms with Crippen LogP contribution in [0.1, 0.15) is 31.8 Å². The van der Waals surface area contributed by atoms with Gasteiger partial charge in [0.1, 0.15) is 0 Å². The molecular formula is C27H20N4O6. The fourth-order valence-corrected chi connectivity index (χ4v) is 3.52.